The number of carbonyl (C=O) groups excluding carboxylic acids is 2. The van der Waals surface area contributed by atoms with E-state index in [2.05, 4.69) is 25.5 Å². The minimum atomic E-state index is -0.971. The summed E-state index contributed by atoms with van der Waals surface area (Å²) in [6.07, 6.45) is 3.18. The summed E-state index contributed by atoms with van der Waals surface area (Å²) in [4.78, 5) is 47.7. The Kier molecular flexibility index (Phi) is 7.70. The van der Waals surface area contributed by atoms with Gasteiger partial charge in [0, 0.05) is 6.20 Å². The lowest BCUT2D eigenvalue weighted by Gasteiger charge is -2.21. The van der Waals surface area contributed by atoms with Crippen LogP contribution >= 0.6 is 0 Å². The van der Waals surface area contributed by atoms with Gasteiger partial charge in [0.1, 0.15) is 6.54 Å². The van der Waals surface area contributed by atoms with Crippen molar-refractivity contribution in [2.24, 2.45) is 5.92 Å². The van der Waals surface area contributed by atoms with Gasteiger partial charge in [0.25, 0.3) is 11.4 Å². The van der Waals surface area contributed by atoms with E-state index in [0.29, 0.717) is 17.0 Å². The predicted molar refractivity (Wildman–Crippen MR) is 145 cm³/mol. The molecule has 1 atom stereocenters. The molecule has 4 aromatic rings. The van der Waals surface area contributed by atoms with E-state index in [0.717, 1.165) is 5.56 Å². The molecule has 3 aromatic heterocycles. The first kappa shape index (κ1) is 27.4. The van der Waals surface area contributed by atoms with Crippen molar-refractivity contribution in [2.75, 3.05) is 5.73 Å². The van der Waals surface area contributed by atoms with Crippen LogP contribution in [-0.2, 0) is 16.8 Å². The maximum absolute atomic E-state index is 13.4. The van der Waals surface area contributed by atoms with Gasteiger partial charge in [0.2, 0.25) is 17.6 Å². The minimum Gasteiger partial charge on any atom is -0.417 e. The number of nitrogens with zero attached hydrogens (tertiary/aromatic N) is 5. The quantitative estimate of drug-likeness (QED) is 0.311. The SMILES string of the molecule is Cc1ccc(C(C)(C)c2nnc(C(=O)C(NC(=O)Cn3c(-c4ccccc4)cnc(N)c3=O)C(C)C)o2)nc1. The van der Waals surface area contributed by atoms with Crippen molar-refractivity contribution in [1.29, 1.82) is 0 Å². The molecule has 4 rings (SSSR count). The minimum absolute atomic E-state index is 0.223. The number of carbonyl (C=O) groups is 2. The van der Waals surface area contributed by atoms with Gasteiger partial charge < -0.3 is 15.5 Å². The van der Waals surface area contributed by atoms with Gasteiger partial charge >= 0.3 is 0 Å². The van der Waals surface area contributed by atoms with Crippen molar-refractivity contribution < 1.29 is 14.0 Å². The standard InChI is InChI=1S/C28H31N7O4/c1-16(2)22(23(37)25-33-34-27(39-25)28(4,5)20-12-11-17(3)13-30-20)32-21(36)15-35-19(14-31-24(29)26(35)38)18-9-7-6-8-10-18/h6-14,16,22H,15H2,1-5H3,(H2,29,31)(H,32,36). The van der Waals surface area contributed by atoms with Crippen LogP contribution in [0.15, 0.2) is 64.1 Å². The second-order valence-electron chi connectivity index (χ2n) is 10.2. The Labute approximate surface area is 225 Å². The number of aromatic nitrogens is 5. The molecule has 39 heavy (non-hydrogen) atoms. The van der Waals surface area contributed by atoms with E-state index in [4.69, 9.17) is 10.2 Å². The van der Waals surface area contributed by atoms with Crippen molar-refractivity contribution in [3.63, 3.8) is 0 Å². The van der Waals surface area contributed by atoms with Gasteiger partial charge in [-0.3, -0.25) is 23.9 Å². The van der Waals surface area contributed by atoms with E-state index >= 15 is 0 Å². The summed E-state index contributed by atoms with van der Waals surface area (Å²) in [6.45, 7) is 8.88. The molecule has 0 spiro atoms. The van der Waals surface area contributed by atoms with E-state index < -0.39 is 28.7 Å². The van der Waals surface area contributed by atoms with Gasteiger partial charge in [0.05, 0.1) is 29.0 Å². The molecule has 0 bridgehead atoms. The largest absolute Gasteiger partial charge is 0.417 e. The molecule has 3 N–H and O–H groups in total. The first-order chi connectivity index (χ1) is 18.5. The highest BCUT2D eigenvalue weighted by atomic mass is 16.4. The van der Waals surface area contributed by atoms with Crippen LogP contribution in [0.3, 0.4) is 0 Å². The summed E-state index contributed by atoms with van der Waals surface area (Å²) in [7, 11) is 0. The van der Waals surface area contributed by atoms with Crippen LogP contribution in [0.4, 0.5) is 5.82 Å². The number of nitrogens with one attached hydrogen (secondary N) is 1. The fourth-order valence-corrected chi connectivity index (χ4v) is 4.05. The van der Waals surface area contributed by atoms with Gasteiger partial charge in [-0.05, 0) is 43.9 Å². The van der Waals surface area contributed by atoms with Crippen molar-refractivity contribution in [3.8, 4) is 11.3 Å². The molecule has 202 valence electrons. The molecule has 0 aliphatic carbocycles. The highest BCUT2D eigenvalue weighted by molar-refractivity contribution is 5.98. The zero-order valence-corrected chi connectivity index (χ0v) is 22.5. The first-order valence-corrected chi connectivity index (χ1v) is 12.5. The third-order valence-electron chi connectivity index (χ3n) is 6.44. The molecule has 0 radical (unpaired) electrons. The number of nitrogens with two attached hydrogens (primary N) is 1. The Bertz CT molecular complexity index is 1540. The molecule has 0 saturated heterocycles. The molecule has 1 unspecified atom stereocenters. The second kappa shape index (κ2) is 11.0. The summed E-state index contributed by atoms with van der Waals surface area (Å²) >= 11 is 0. The molecule has 1 amide bonds. The number of nitrogen functional groups attached to an aromatic ring is 1. The van der Waals surface area contributed by atoms with E-state index in [9.17, 15) is 14.4 Å². The number of pyridine rings is 1. The number of hydrogen-bond donors (Lipinski definition) is 2. The number of ketones is 1. The molecule has 3 heterocycles. The molecule has 0 aliphatic heterocycles. The lowest BCUT2D eigenvalue weighted by Crippen LogP contribution is -2.46. The fourth-order valence-electron chi connectivity index (χ4n) is 4.05. The topological polar surface area (TPSA) is 159 Å². The lowest BCUT2D eigenvalue weighted by molar-refractivity contribution is -0.122. The van der Waals surface area contributed by atoms with Crippen LogP contribution in [0, 0.1) is 12.8 Å². The van der Waals surface area contributed by atoms with Crippen LogP contribution in [0.2, 0.25) is 0 Å². The van der Waals surface area contributed by atoms with Gasteiger partial charge in [-0.1, -0.05) is 50.2 Å². The van der Waals surface area contributed by atoms with Crippen molar-refractivity contribution in [1.82, 2.24) is 30.0 Å². The summed E-state index contributed by atoms with van der Waals surface area (Å²) in [5, 5.41) is 10.8. The molecule has 0 aliphatic rings. The number of Topliss-reactive ketones (excluding diaryl/α,β-unsaturated/α-hetero) is 1. The van der Waals surface area contributed by atoms with Crippen molar-refractivity contribution in [3.05, 3.63) is 88.3 Å². The summed E-state index contributed by atoms with van der Waals surface area (Å²) in [5.74, 6) is -1.63. The Morgan fingerprint density at radius 2 is 1.77 bits per heavy atom. The van der Waals surface area contributed by atoms with Gasteiger partial charge in [-0.2, -0.15) is 0 Å². The molecule has 11 heteroatoms. The van der Waals surface area contributed by atoms with Gasteiger partial charge in [-0.15, -0.1) is 10.2 Å². The Balaban J connectivity index is 1.56. The molecular formula is C28H31N7O4. The first-order valence-electron chi connectivity index (χ1n) is 12.5. The second-order valence-corrected chi connectivity index (χ2v) is 10.2. The molecule has 0 saturated carbocycles. The number of rotatable bonds is 9. The van der Waals surface area contributed by atoms with Gasteiger partial charge in [0.15, 0.2) is 5.82 Å². The summed E-state index contributed by atoms with van der Waals surface area (Å²) in [5.41, 5.74) is 7.23. The molecular weight excluding hydrogens is 498 g/mol. The van der Waals surface area contributed by atoms with Crippen LogP contribution in [0.1, 0.15) is 55.5 Å². The summed E-state index contributed by atoms with van der Waals surface area (Å²) < 4.78 is 7.03. The average molecular weight is 530 g/mol. The van der Waals surface area contributed by atoms with E-state index in [1.165, 1.54) is 10.8 Å². The van der Waals surface area contributed by atoms with Crippen LogP contribution in [0.25, 0.3) is 11.3 Å². The zero-order chi connectivity index (χ0) is 28.3. The Morgan fingerprint density at radius 1 is 1.05 bits per heavy atom. The fraction of sp³-hybridized carbons (Fsp3) is 0.321. The molecule has 0 fully saturated rings. The maximum Gasteiger partial charge on any atom is 0.294 e. The third kappa shape index (κ3) is 5.77. The summed E-state index contributed by atoms with van der Waals surface area (Å²) in [6, 6.07) is 11.9. The van der Waals surface area contributed by atoms with Crippen LogP contribution in [0.5, 0.6) is 0 Å². The number of benzene rings is 1. The number of hydrogen-bond acceptors (Lipinski definition) is 9. The van der Waals surface area contributed by atoms with E-state index in [-0.39, 0.29) is 30.1 Å². The highest BCUT2D eigenvalue weighted by Gasteiger charge is 2.35. The number of anilines is 1. The predicted octanol–water partition coefficient (Wildman–Crippen LogP) is 2.93. The number of aryl methyl sites for hydroxylation is 1. The van der Waals surface area contributed by atoms with Crippen molar-refractivity contribution in [2.45, 2.75) is 52.6 Å². The van der Waals surface area contributed by atoms with E-state index in [1.54, 1.807) is 32.2 Å². The molecule has 11 nitrogen and oxygen atoms in total. The number of amides is 1. The Morgan fingerprint density at radius 3 is 2.41 bits per heavy atom. The third-order valence-corrected chi connectivity index (χ3v) is 6.44. The average Bonchev–Trinajstić information content (AvgIpc) is 3.42. The highest BCUT2D eigenvalue weighted by Crippen LogP contribution is 2.29. The smallest absolute Gasteiger partial charge is 0.294 e. The van der Waals surface area contributed by atoms with Crippen LogP contribution < -0.4 is 16.6 Å². The zero-order valence-electron chi connectivity index (χ0n) is 22.5. The van der Waals surface area contributed by atoms with Gasteiger partial charge in [-0.25, -0.2) is 4.98 Å². The van der Waals surface area contributed by atoms with Crippen LogP contribution in [-0.4, -0.2) is 42.5 Å². The maximum atomic E-state index is 13.4. The van der Waals surface area contributed by atoms with E-state index in [1.807, 2.05) is 51.1 Å². The molecule has 1 aromatic carbocycles. The monoisotopic (exact) mass is 529 g/mol. The normalized spacial score (nSPS) is 12.4. The lowest BCUT2D eigenvalue weighted by atomic mass is 9.88. The Hall–Kier alpha value is -4.67. The van der Waals surface area contributed by atoms with Crippen molar-refractivity contribution >= 4 is 17.5 Å².